The van der Waals surface area contributed by atoms with Crippen LogP contribution in [0.4, 0.5) is 0 Å². The van der Waals surface area contributed by atoms with Gasteiger partial charge in [0.2, 0.25) is 0 Å². The molecule has 2 aliphatic rings. The molecule has 0 aromatic heterocycles. The highest BCUT2D eigenvalue weighted by Gasteiger charge is 2.32. The molecule has 23 heavy (non-hydrogen) atoms. The lowest BCUT2D eigenvalue weighted by atomic mass is 9.30. The van der Waals surface area contributed by atoms with Gasteiger partial charge in [-0.05, 0) is 17.7 Å². The number of hydrogen-bond donors (Lipinski definition) is 0. The van der Waals surface area contributed by atoms with E-state index in [2.05, 4.69) is 36.3 Å². The van der Waals surface area contributed by atoms with Crippen LogP contribution in [0.3, 0.4) is 0 Å². The van der Waals surface area contributed by atoms with E-state index >= 15 is 0 Å². The average molecular weight is 310 g/mol. The molecule has 0 unspecified atom stereocenters. The average Bonchev–Trinajstić information content (AvgIpc) is 2.64. The molecule has 0 bridgehead atoms. The van der Waals surface area contributed by atoms with Gasteiger partial charge in [0.05, 0.1) is 7.11 Å². The van der Waals surface area contributed by atoms with Crippen molar-refractivity contribution in [3.05, 3.63) is 35.8 Å². The van der Waals surface area contributed by atoms with E-state index < -0.39 is 0 Å². The van der Waals surface area contributed by atoms with E-state index in [1.165, 1.54) is 69.8 Å². The van der Waals surface area contributed by atoms with Gasteiger partial charge in [0, 0.05) is 0 Å². The fourth-order valence-electron chi connectivity index (χ4n) is 4.67. The molecule has 2 fully saturated rings. The zero-order chi connectivity index (χ0) is 15.9. The first-order valence-electron chi connectivity index (χ1n) is 9.69. The van der Waals surface area contributed by atoms with E-state index in [1.54, 1.807) is 7.11 Å². The van der Waals surface area contributed by atoms with Crippen LogP contribution in [0.25, 0.3) is 6.08 Å². The van der Waals surface area contributed by atoms with Gasteiger partial charge in [-0.2, -0.15) is 0 Å². The maximum atomic E-state index is 5.26. The van der Waals surface area contributed by atoms with Crippen LogP contribution in [0.2, 0.25) is 11.6 Å². The van der Waals surface area contributed by atoms with Crippen LogP contribution in [0, 0.1) is 0 Å². The summed E-state index contributed by atoms with van der Waals surface area (Å²) >= 11 is 0. The van der Waals surface area contributed by atoms with Gasteiger partial charge in [-0.3, -0.25) is 0 Å². The van der Waals surface area contributed by atoms with Gasteiger partial charge < -0.3 is 4.74 Å². The van der Waals surface area contributed by atoms with Crippen LogP contribution in [0.15, 0.2) is 30.2 Å². The molecule has 1 aromatic rings. The van der Waals surface area contributed by atoms with E-state index in [4.69, 9.17) is 4.74 Å². The standard InChI is InChI=1S/C21H31BO/c1-23-21-14-12-18(13-15-21)16-17-22(19-8-4-2-5-9-19)20-10-6-3-7-11-20/h12-17,19-20H,2-11H2,1H3/b17-16+. The lowest BCUT2D eigenvalue weighted by Gasteiger charge is -2.34. The number of rotatable bonds is 5. The van der Waals surface area contributed by atoms with Crippen LogP contribution in [0.5, 0.6) is 5.75 Å². The van der Waals surface area contributed by atoms with E-state index in [9.17, 15) is 0 Å². The summed E-state index contributed by atoms with van der Waals surface area (Å²) in [5, 5.41) is 0. The first kappa shape index (κ1) is 16.7. The van der Waals surface area contributed by atoms with Crippen molar-refractivity contribution in [2.24, 2.45) is 0 Å². The van der Waals surface area contributed by atoms with Gasteiger partial charge in [0.15, 0.2) is 6.71 Å². The maximum Gasteiger partial charge on any atom is 0.172 e. The molecule has 0 saturated heterocycles. The van der Waals surface area contributed by atoms with Crippen LogP contribution < -0.4 is 4.74 Å². The van der Waals surface area contributed by atoms with Crippen LogP contribution in [-0.4, -0.2) is 13.8 Å². The highest BCUT2D eigenvalue weighted by Crippen LogP contribution is 2.42. The zero-order valence-corrected chi connectivity index (χ0v) is 14.7. The summed E-state index contributed by atoms with van der Waals surface area (Å²) in [7, 11) is 1.73. The third kappa shape index (κ3) is 4.65. The Morgan fingerprint density at radius 2 is 1.35 bits per heavy atom. The van der Waals surface area contributed by atoms with E-state index in [-0.39, 0.29) is 0 Å². The minimum Gasteiger partial charge on any atom is -0.497 e. The van der Waals surface area contributed by atoms with Gasteiger partial charge in [-0.25, -0.2) is 0 Å². The lowest BCUT2D eigenvalue weighted by Crippen LogP contribution is -2.28. The van der Waals surface area contributed by atoms with Crippen LogP contribution in [0.1, 0.15) is 69.8 Å². The molecule has 1 nitrogen and oxygen atoms in total. The Kier molecular flexibility index (Phi) is 6.24. The van der Waals surface area contributed by atoms with Crippen molar-refractivity contribution < 1.29 is 4.74 Å². The topological polar surface area (TPSA) is 9.23 Å². The quantitative estimate of drug-likeness (QED) is 0.571. The number of methoxy groups -OCH3 is 1. The summed E-state index contributed by atoms with van der Waals surface area (Å²) in [6.07, 6.45) is 16.9. The fourth-order valence-corrected chi connectivity index (χ4v) is 4.67. The summed E-state index contributed by atoms with van der Waals surface area (Å²) in [5.41, 5.74) is 1.31. The Morgan fingerprint density at radius 3 is 1.83 bits per heavy atom. The monoisotopic (exact) mass is 310 g/mol. The second-order valence-corrected chi connectivity index (χ2v) is 7.51. The molecule has 2 aliphatic carbocycles. The second-order valence-electron chi connectivity index (χ2n) is 7.51. The molecule has 2 heteroatoms. The molecule has 3 rings (SSSR count). The molecule has 124 valence electrons. The number of hydrogen-bond acceptors (Lipinski definition) is 1. The van der Waals surface area contributed by atoms with Gasteiger partial charge >= 0.3 is 0 Å². The van der Waals surface area contributed by atoms with Crippen molar-refractivity contribution in [1.82, 2.24) is 0 Å². The van der Waals surface area contributed by atoms with Gasteiger partial charge in [0.25, 0.3) is 0 Å². The minimum absolute atomic E-state index is 0.803. The van der Waals surface area contributed by atoms with Crippen molar-refractivity contribution in [3.8, 4) is 5.75 Å². The Bertz CT molecular complexity index is 463. The molecule has 0 radical (unpaired) electrons. The van der Waals surface area contributed by atoms with Crippen molar-refractivity contribution in [2.45, 2.75) is 75.8 Å². The minimum atomic E-state index is 0.803. The lowest BCUT2D eigenvalue weighted by molar-refractivity contribution is 0.415. The number of benzene rings is 1. The van der Waals surface area contributed by atoms with Gasteiger partial charge in [-0.1, -0.05) is 94.1 Å². The molecule has 2 saturated carbocycles. The Morgan fingerprint density at radius 1 is 0.826 bits per heavy atom. The van der Waals surface area contributed by atoms with E-state index in [0.717, 1.165) is 24.1 Å². The predicted molar refractivity (Wildman–Crippen MR) is 101 cm³/mol. The smallest absolute Gasteiger partial charge is 0.172 e. The molecule has 0 amide bonds. The predicted octanol–water partition coefficient (Wildman–Crippen LogP) is 6.41. The second kappa shape index (κ2) is 8.61. The largest absolute Gasteiger partial charge is 0.497 e. The molecular weight excluding hydrogens is 279 g/mol. The van der Waals surface area contributed by atoms with Crippen molar-refractivity contribution in [1.29, 1.82) is 0 Å². The SMILES string of the molecule is COc1ccc(/C=C/B(C2CCCCC2)C2CCCCC2)cc1. The molecule has 0 N–H and O–H groups in total. The molecule has 0 heterocycles. The number of ether oxygens (including phenoxy) is 1. The molecule has 0 aliphatic heterocycles. The summed E-state index contributed by atoms with van der Waals surface area (Å²) in [6, 6.07) is 8.48. The van der Waals surface area contributed by atoms with E-state index in [0.29, 0.717) is 0 Å². The Labute approximate surface area is 142 Å². The van der Waals surface area contributed by atoms with Crippen molar-refractivity contribution in [3.63, 3.8) is 0 Å². The molecule has 1 aromatic carbocycles. The third-order valence-corrected chi connectivity index (χ3v) is 6.02. The van der Waals surface area contributed by atoms with Crippen molar-refractivity contribution >= 4 is 12.8 Å². The fraction of sp³-hybridized carbons (Fsp3) is 0.619. The normalized spacial score (nSPS) is 20.7. The first-order valence-corrected chi connectivity index (χ1v) is 9.69. The molecule has 0 spiro atoms. The highest BCUT2D eigenvalue weighted by molar-refractivity contribution is 6.68. The van der Waals surface area contributed by atoms with E-state index in [1.807, 2.05) is 0 Å². The van der Waals surface area contributed by atoms with Gasteiger partial charge in [0.1, 0.15) is 5.75 Å². The van der Waals surface area contributed by atoms with Crippen LogP contribution in [-0.2, 0) is 0 Å². The summed E-state index contributed by atoms with van der Waals surface area (Å²) in [5.74, 6) is 5.37. The summed E-state index contributed by atoms with van der Waals surface area (Å²) in [4.78, 5) is 0. The first-order chi connectivity index (χ1) is 11.4. The molecular formula is C21H31BO. The Hall–Kier alpha value is -1.18. The highest BCUT2D eigenvalue weighted by atomic mass is 16.5. The van der Waals surface area contributed by atoms with Gasteiger partial charge in [-0.15, -0.1) is 5.98 Å². The Balaban J connectivity index is 1.71. The maximum absolute atomic E-state index is 5.26. The van der Waals surface area contributed by atoms with Crippen molar-refractivity contribution in [2.75, 3.05) is 7.11 Å². The molecule has 0 atom stereocenters. The van der Waals surface area contributed by atoms with Crippen LogP contribution >= 0.6 is 0 Å². The zero-order valence-electron chi connectivity index (χ0n) is 14.7. The summed E-state index contributed by atoms with van der Waals surface area (Å²) < 4.78 is 5.26. The summed E-state index contributed by atoms with van der Waals surface area (Å²) in [6.45, 7) is 0.803. The third-order valence-electron chi connectivity index (χ3n) is 6.02.